The maximum Gasteiger partial charge on any atom is 0.239 e. The van der Waals surface area contributed by atoms with Crippen molar-refractivity contribution in [3.05, 3.63) is 101 Å². The van der Waals surface area contributed by atoms with Gasteiger partial charge < -0.3 is 10.2 Å². The van der Waals surface area contributed by atoms with Crippen molar-refractivity contribution in [2.45, 2.75) is 30.7 Å². The van der Waals surface area contributed by atoms with E-state index in [0.29, 0.717) is 18.5 Å². The Balaban J connectivity index is 1.47. The fourth-order valence-corrected chi connectivity index (χ4v) is 5.33. The summed E-state index contributed by atoms with van der Waals surface area (Å²) in [7, 11) is 1.58. The van der Waals surface area contributed by atoms with Gasteiger partial charge in [0.15, 0.2) is 5.96 Å². The Labute approximate surface area is 210 Å². The van der Waals surface area contributed by atoms with Crippen LogP contribution in [0.2, 0.25) is 0 Å². The van der Waals surface area contributed by atoms with E-state index in [9.17, 15) is 14.9 Å². The summed E-state index contributed by atoms with van der Waals surface area (Å²) in [6, 6.07) is 26.9. The van der Waals surface area contributed by atoms with Crippen LogP contribution in [0.5, 0.6) is 0 Å². The van der Waals surface area contributed by atoms with Crippen molar-refractivity contribution in [1.29, 1.82) is 10.7 Å². The molecule has 2 amide bonds. The first-order chi connectivity index (χ1) is 17.3. The second-order valence-electron chi connectivity index (χ2n) is 9.61. The number of anilines is 1. The highest BCUT2D eigenvalue weighted by molar-refractivity contribution is 6.03. The number of hydrogen-bond donors (Lipinski definition) is 2. The molecule has 0 aromatic heterocycles. The first-order valence-corrected chi connectivity index (χ1v) is 11.9. The quantitative estimate of drug-likeness (QED) is 0.591. The Morgan fingerprint density at radius 2 is 1.72 bits per heavy atom. The summed E-state index contributed by atoms with van der Waals surface area (Å²) in [6.07, 6.45) is 0.469. The van der Waals surface area contributed by atoms with Crippen LogP contribution >= 0.6 is 0 Å². The lowest BCUT2D eigenvalue weighted by Crippen LogP contribution is -2.62. The van der Waals surface area contributed by atoms with Crippen LogP contribution in [0.4, 0.5) is 5.69 Å². The molecule has 180 valence electrons. The zero-order chi connectivity index (χ0) is 25.4. The Morgan fingerprint density at radius 3 is 2.42 bits per heavy atom. The molecule has 2 saturated heterocycles. The highest BCUT2D eigenvalue weighted by Gasteiger charge is 2.48. The first kappa shape index (κ1) is 23.3. The minimum Gasteiger partial charge on any atom is -0.346 e. The Hall–Kier alpha value is -4.44. The van der Waals surface area contributed by atoms with Crippen LogP contribution < -0.4 is 10.2 Å². The molecular formula is C29H27N5O2. The molecule has 0 bridgehead atoms. The van der Waals surface area contributed by atoms with Crippen molar-refractivity contribution in [3.63, 3.8) is 0 Å². The number of hydrogen-bond acceptors (Lipinski definition) is 4. The van der Waals surface area contributed by atoms with E-state index in [1.54, 1.807) is 30.1 Å². The predicted molar refractivity (Wildman–Crippen MR) is 137 cm³/mol. The Kier molecular flexibility index (Phi) is 5.81. The van der Waals surface area contributed by atoms with E-state index in [0.717, 1.165) is 22.4 Å². The molecule has 2 N–H and O–H groups in total. The van der Waals surface area contributed by atoms with Crippen LogP contribution in [-0.2, 0) is 15.1 Å². The van der Waals surface area contributed by atoms with Crippen molar-refractivity contribution in [3.8, 4) is 6.07 Å². The summed E-state index contributed by atoms with van der Waals surface area (Å²) in [5.41, 5.74) is 3.03. The van der Waals surface area contributed by atoms with Gasteiger partial charge in [0.2, 0.25) is 11.8 Å². The number of nitrogens with one attached hydrogen (secondary N) is 2. The van der Waals surface area contributed by atoms with Gasteiger partial charge in [-0.1, -0.05) is 54.6 Å². The van der Waals surface area contributed by atoms with Crippen molar-refractivity contribution in [2.75, 3.05) is 18.5 Å². The number of benzene rings is 3. The number of nitrogens with zero attached hydrogens (tertiary/aromatic N) is 3. The summed E-state index contributed by atoms with van der Waals surface area (Å²) >= 11 is 0. The van der Waals surface area contributed by atoms with Gasteiger partial charge in [0, 0.05) is 31.6 Å². The van der Waals surface area contributed by atoms with E-state index < -0.39 is 11.5 Å². The molecule has 5 rings (SSSR count). The van der Waals surface area contributed by atoms with Gasteiger partial charge in [-0.15, -0.1) is 0 Å². The Morgan fingerprint density at radius 1 is 1.00 bits per heavy atom. The maximum absolute atomic E-state index is 13.5. The molecule has 2 aliphatic heterocycles. The Bertz CT molecular complexity index is 1380. The molecule has 0 aliphatic carbocycles. The summed E-state index contributed by atoms with van der Waals surface area (Å²) in [6.45, 7) is 2.50. The van der Waals surface area contributed by atoms with E-state index in [1.807, 2.05) is 55.5 Å². The second kappa shape index (κ2) is 8.97. The van der Waals surface area contributed by atoms with Gasteiger partial charge in [-0.2, -0.15) is 5.26 Å². The van der Waals surface area contributed by atoms with Crippen molar-refractivity contribution in [2.24, 2.45) is 0 Å². The van der Waals surface area contributed by atoms with E-state index in [4.69, 9.17) is 5.41 Å². The summed E-state index contributed by atoms with van der Waals surface area (Å²) < 4.78 is 0. The van der Waals surface area contributed by atoms with Crippen LogP contribution in [0.15, 0.2) is 78.9 Å². The van der Waals surface area contributed by atoms with Crippen molar-refractivity contribution in [1.82, 2.24) is 10.2 Å². The van der Waals surface area contributed by atoms with Crippen LogP contribution in [-0.4, -0.2) is 36.3 Å². The predicted octanol–water partition coefficient (Wildman–Crippen LogP) is 4.07. The number of rotatable bonds is 4. The minimum absolute atomic E-state index is 0.00680. The lowest BCUT2D eigenvalue weighted by Gasteiger charge is -2.46. The van der Waals surface area contributed by atoms with Crippen LogP contribution in [0.1, 0.15) is 47.4 Å². The molecule has 3 aromatic carbocycles. The van der Waals surface area contributed by atoms with Crippen molar-refractivity contribution < 1.29 is 9.59 Å². The zero-order valence-corrected chi connectivity index (χ0v) is 20.2. The van der Waals surface area contributed by atoms with Crippen LogP contribution in [0, 0.1) is 16.7 Å². The molecule has 2 heterocycles. The number of carbonyl (C=O) groups is 2. The number of amides is 2. The van der Waals surface area contributed by atoms with E-state index in [-0.39, 0.29) is 23.7 Å². The van der Waals surface area contributed by atoms with E-state index in [1.165, 1.54) is 4.90 Å². The van der Waals surface area contributed by atoms with E-state index in [2.05, 4.69) is 23.5 Å². The van der Waals surface area contributed by atoms with Gasteiger partial charge in [0.25, 0.3) is 0 Å². The molecule has 3 aromatic rings. The third kappa shape index (κ3) is 3.91. The fourth-order valence-electron chi connectivity index (χ4n) is 5.33. The number of guanidine groups is 1. The highest BCUT2D eigenvalue weighted by atomic mass is 16.2. The van der Waals surface area contributed by atoms with Gasteiger partial charge in [0.05, 0.1) is 23.1 Å². The van der Waals surface area contributed by atoms with Gasteiger partial charge in [-0.3, -0.25) is 19.9 Å². The maximum atomic E-state index is 13.5. The first-order valence-electron chi connectivity index (χ1n) is 11.9. The standard InChI is InChI=1S/C29H27N5O2/c1-29(23-10-6-7-19(15-23)17-30)26(27(36)33(2)28(31)32-29)21-11-13-24(14-12-21)34-18-22(16-25(34)35)20-8-4-3-5-9-20/h3-15,22,26H,16,18H2,1-2H3,(H2,31,32)/t22?,26-,29-/m1/s1. The molecule has 7 nitrogen and oxygen atoms in total. The molecule has 0 spiro atoms. The summed E-state index contributed by atoms with van der Waals surface area (Å²) in [5.74, 6) is -0.604. The monoisotopic (exact) mass is 477 g/mol. The average Bonchev–Trinajstić information content (AvgIpc) is 3.30. The van der Waals surface area contributed by atoms with E-state index >= 15 is 0 Å². The van der Waals surface area contributed by atoms with Crippen molar-refractivity contribution >= 4 is 23.5 Å². The number of carbonyl (C=O) groups excluding carboxylic acids is 2. The molecule has 0 radical (unpaired) electrons. The lowest BCUT2D eigenvalue weighted by molar-refractivity contribution is -0.131. The molecule has 3 atom stereocenters. The number of nitriles is 1. The second-order valence-corrected chi connectivity index (χ2v) is 9.61. The third-order valence-electron chi connectivity index (χ3n) is 7.39. The highest BCUT2D eigenvalue weighted by Crippen LogP contribution is 2.42. The largest absolute Gasteiger partial charge is 0.346 e. The summed E-state index contributed by atoms with van der Waals surface area (Å²) in [4.78, 5) is 29.4. The van der Waals surface area contributed by atoms with Gasteiger partial charge in [0.1, 0.15) is 0 Å². The lowest BCUT2D eigenvalue weighted by atomic mass is 9.73. The number of likely N-dealkylation sites (N-methyl/N-ethyl adjacent to an activating group) is 1. The van der Waals surface area contributed by atoms with Crippen LogP contribution in [0.3, 0.4) is 0 Å². The molecule has 0 saturated carbocycles. The molecule has 7 heteroatoms. The van der Waals surface area contributed by atoms with Gasteiger partial charge in [-0.25, -0.2) is 0 Å². The van der Waals surface area contributed by atoms with Gasteiger partial charge >= 0.3 is 0 Å². The molecule has 36 heavy (non-hydrogen) atoms. The average molecular weight is 478 g/mol. The smallest absolute Gasteiger partial charge is 0.239 e. The zero-order valence-electron chi connectivity index (χ0n) is 20.2. The normalized spacial score (nSPS) is 24.0. The topological polar surface area (TPSA) is 100 Å². The van der Waals surface area contributed by atoms with Gasteiger partial charge in [-0.05, 0) is 47.9 Å². The molecular weight excluding hydrogens is 450 g/mol. The molecule has 2 fully saturated rings. The third-order valence-corrected chi connectivity index (χ3v) is 7.39. The summed E-state index contributed by atoms with van der Waals surface area (Å²) in [5, 5.41) is 20.9. The molecule has 1 unspecified atom stereocenters. The van der Waals surface area contributed by atoms with Crippen LogP contribution in [0.25, 0.3) is 0 Å². The SMILES string of the molecule is CN1C(=N)N[C@](C)(c2cccc(C#N)c2)[C@H](c2ccc(N3CC(c4ccccc4)CC3=O)cc2)C1=O. The minimum atomic E-state index is -0.934. The fraction of sp³-hybridized carbons (Fsp3) is 0.241. The molecule has 2 aliphatic rings.